The highest BCUT2D eigenvalue weighted by atomic mass is 79.9. The van der Waals surface area contributed by atoms with Crippen molar-refractivity contribution in [1.29, 1.82) is 0 Å². The molecule has 2 unspecified atom stereocenters. The number of aliphatic hydroxyl groups excluding tert-OH is 1. The minimum atomic E-state index is -0.401. The van der Waals surface area contributed by atoms with E-state index in [1.807, 2.05) is 0 Å². The first-order chi connectivity index (χ1) is 7.16. The van der Waals surface area contributed by atoms with E-state index in [1.54, 1.807) is 6.07 Å². The summed E-state index contributed by atoms with van der Waals surface area (Å²) >= 11 is 3.23. The molecule has 1 aliphatic carbocycles. The monoisotopic (exact) mass is 274 g/mol. The molecule has 82 valence electrons. The second-order valence-electron chi connectivity index (χ2n) is 3.73. The molecule has 1 fully saturated rings. The van der Waals surface area contributed by atoms with Crippen LogP contribution >= 0.6 is 15.9 Å². The molecule has 2 atom stereocenters. The highest BCUT2D eigenvalue weighted by Crippen LogP contribution is 2.30. The van der Waals surface area contributed by atoms with Gasteiger partial charge < -0.3 is 9.84 Å². The van der Waals surface area contributed by atoms with Crippen LogP contribution in [0, 0.1) is 5.82 Å². The van der Waals surface area contributed by atoms with Crippen LogP contribution in [0.25, 0.3) is 0 Å². The van der Waals surface area contributed by atoms with Crippen molar-refractivity contribution in [3.63, 3.8) is 0 Å². The van der Waals surface area contributed by atoms with E-state index in [4.69, 9.17) is 4.74 Å². The molecule has 0 bridgehead atoms. The van der Waals surface area contributed by atoms with E-state index in [1.165, 1.54) is 12.1 Å². The third kappa shape index (κ3) is 2.49. The summed E-state index contributed by atoms with van der Waals surface area (Å²) in [5, 5.41) is 9.58. The molecule has 4 heteroatoms. The fourth-order valence-corrected chi connectivity index (χ4v) is 2.22. The van der Waals surface area contributed by atoms with Crippen LogP contribution in [0.2, 0.25) is 0 Å². The number of aliphatic hydroxyl groups is 1. The molecule has 0 aliphatic heterocycles. The van der Waals surface area contributed by atoms with Gasteiger partial charge in [-0.1, -0.05) is 0 Å². The topological polar surface area (TPSA) is 29.5 Å². The lowest BCUT2D eigenvalue weighted by atomic mass is 10.2. The average Bonchev–Trinajstić information content (AvgIpc) is 2.57. The third-order valence-corrected chi connectivity index (χ3v) is 3.21. The molecule has 2 rings (SSSR count). The molecule has 0 radical (unpaired) electrons. The Bertz CT molecular complexity index is 356. The molecule has 1 aromatic rings. The Morgan fingerprint density at radius 3 is 2.80 bits per heavy atom. The van der Waals surface area contributed by atoms with Crippen LogP contribution in [0.1, 0.15) is 19.3 Å². The van der Waals surface area contributed by atoms with Gasteiger partial charge in [0.25, 0.3) is 0 Å². The first-order valence-corrected chi connectivity index (χ1v) is 5.76. The average molecular weight is 275 g/mol. The number of hydrogen-bond acceptors (Lipinski definition) is 2. The van der Waals surface area contributed by atoms with Crippen LogP contribution in [0.5, 0.6) is 5.75 Å². The van der Waals surface area contributed by atoms with Crippen molar-refractivity contribution >= 4 is 15.9 Å². The van der Waals surface area contributed by atoms with Gasteiger partial charge in [0.15, 0.2) is 0 Å². The van der Waals surface area contributed by atoms with Gasteiger partial charge in [0.05, 0.1) is 10.6 Å². The molecule has 2 nitrogen and oxygen atoms in total. The zero-order valence-electron chi connectivity index (χ0n) is 8.12. The number of rotatable bonds is 2. The summed E-state index contributed by atoms with van der Waals surface area (Å²) in [6, 6.07) is 4.28. The quantitative estimate of drug-likeness (QED) is 0.899. The summed E-state index contributed by atoms with van der Waals surface area (Å²) in [7, 11) is 0. The number of ether oxygens (including phenoxy) is 1. The number of benzene rings is 1. The molecular weight excluding hydrogens is 263 g/mol. The van der Waals surface area contributed by atoms with Crippen molar-refractivity contribution in [2.24, 2.45) is 0 Å². The molecule has 15 heavy (non-hydrogen) atoms. The summed E-state index contributed by atoms with van der Waals surface area (Å²) in [6.45, 7) is 0. The minimum absolute atomic E-state index is 0.160. The van der Waals surface area contributed by atoms with E-state index in [0.29, 0.717) is 10.2 Å². The Morgan fingerprint density at radius 2 is 2.20 bits per heavy atom. The molecule has 0 heterocycles. The van der Waals surface area contributed by atoms with Crippen LogP contribution in [0.4, 0.5) is 4.39 Å². The lowest BCUT2D eigenvalue weighted by molar-refractivity contribution is 0.0599. The number of hydrogen-bond donors (Lipinski definition) is 1. The van der Waals surface area contributed by atoms with Crippen molar-refractivity contribution < 1.29 is 14.2 Å². The van der Waals surface area contributed by atoms with Gasteiger partial charge in [-0.05, 0) is 53.4 Å². The van der Waals surface area contributed by atoms with Crippen LogP contribution < -0.4 is 4.74 Å². The van der Waals surface area contributed by atoms with Gasteiger partial charge >= 0.3 is 0 Å². The zero-order chi connectivity index (χ0) is 10.8. The van der Waals surface area contributed by atoms with E-state index < -0.39 is 6.10 Å². The Labute approximate surface area is 96.2 Å². The van der Waals surface area contributed by atoms with Gasteiger partial charge in [-0.25, -0.2) is 4.39 Å². The second kappa shape index (κ2) is 4.49. The van der Waals surface area contributed by atoms with Crippen molar-refractivity contribution in [2.45, 2.75) is 31.5 Å². The summed E-state index contributed by atoms with van der Waals surface area (Å²) in [5.41, 5.74) is 0. The van der Waals surface area contributed by atoms with Gasteiger partial charge in [0.1, 0.15) is 17.7 Å². The summed E-state index contributed by atoms with van der Waals surface area (Å²) in [5.74, 6) is 0.281. The molecular formula is C11H12BrFO2. The largest absolute Gasteiger partial charge is 0.487 e. The van der Waals surface area contributed by atoms with E-state index in [0.717, 1.165) is 19.3 Å². The predicted octanol–water partition coefficient (Wildman–Crippen LogP) is 2.88. The zero-order valence-corrected chi connectivity index (χ0v) is 9.71. The standard InChI is InChI=1S/C11H12BrFO2/c12-8-6-7(13)4-5-10(8)15-11-3-1-2-9(11)14/h4-6,9,11,14H,1-3H2. The molecule has 1 saturated carbocycles. The maximum Gasteiger partial charge on any atom is 0.134 e. The normalized spacial score (nSPS) is 25.5. The van der Waals surface area contributed by atoms with Gasteiger partial charge in [-0.15, -0.1) is 0 Å². The third-order valence-electron chi connectivity index (χ3n) is 2.59. The Balaban J connectivity index is 2.10. The van der Waals surface area contributed by atoms with Gasteiger partial charge in [0, 0.05) is 0 Å². The Hall–Kier alpha value is -0.610. The summed E-state index contributed by atoms with van der Waals surface area (Å²) in [4.78, 5) is 0. The fraction of sp³-hybridized carbons (Fsp3) is 0.455. The Morgan fingerprint density at radius 1 is 1.40 bits per heavy atom. The van der Waals surface area contributed by atoms with Crippen molar-refractivity contribution in [3.8, 4) is 5.75 Å². The smallest absolute Gasteiger partial charge is 0.134 e. The van der Waals surface area contributed by atoms with E-state index in [9.17, 15) is 9.50 Å². The maximum atomic E-state index is 12.8. The highest BCUT2D eigenvalue weighted by Gasteiger charge is 2.27. The van der Waals surface area contributed by atoms with E-state index >= 15 is 0 Å². The van der Waals surface area contributed by atoms with Crippen molar-refractivity contribution in [3.05, 3.63) is 28.5 Å². The lowest BCUT2D eigenvalue weighted by Gasteiger charge is -2.17. The Kier molecular flexibility index (Phi) is 3.26. The fourth-order valence-electron chi connectivity index (χ4n) is 1.78. The second-order valence-corrected chi connectivity index (χ2v) is 4.58. The highest BCUT2D eigenvalue weighted by molar-refractivity contribution is 9.10. The van der Waals surface area contributed by atoms with Crippen LogP contribution in [-0.4, -0.2) is 17.3 Å². The summed E-state index contributed by atoms with van der Waals surface area (Å²) in [6.07, 6.45) is 2.05. The molecule has 1 aliphatic rings. The minimum Gasteiger partial charge on any atom is -0.487 e. The lowest BCUT2D eigenvalue weighted by Crippen LogP contribution is -2.25. The van der Waals surface area contributed by atoms with E-state index in [2.05, 4.69) is 15.9 Å². The first kappa shape index (κ1) is 10.9. The van der Waals surface area contributed by atoms with Crippen LogP contribution in [-0.2, 0) is 0 Å². The molecule has 0 spiro atoms. The van der Waals surface area contributed by atoms with Crippen LogP contribution in [0.3, 0.4) is 0 Å². The summed E-state index contributed by atoms with van der Waals surface area (Å²) < 4.78 is 19.0. The van der Waals surface area contributed by atoms with Gasteiger partial charge in [-0.2, -0.15) is 0 Å². The SMILES string of the molecule is OC1CCCC1Oc1ccc(F)cc1Br. The molecule has 0 saturated heterocycles. The van der Waals surface area contributed by atoms with E-state index in [-0.39, 0.29) is 11.9 Å². The molecule has 0 aromatic heterocycles. The molecule has 1 aromatic carbocycles. The first-order valence-electron chi connectivity index (χ1n) is 4.96. The molecule has 1 N–H and O–H groups in total. The number of halogens is 2. The van der Waals surface area contributed by atoms with Gasteiger partial charge in [-0.3, -0.25) is 0 Å². The molecule has 0 amide bonds. The van der Waals surface area contributed by atoms with Crippen molar-refractivity contribution in [1.82, 2.24) is 0 Å². The van der Waals surface area contributed by atoms with Crippen molar-refractivity contribution in [2.75, 3.05) is 0 Å². The van der Waals surface area contributed by atoms with Crippen LogP contribution in [0.15, 0.2) is 22.7 Å². The predicted molar refractivity (Wildman–Crippen MR) is 58.4 cm³/mol. The van der Waals surface area contributed by atoms with Gasteiger partial charge in [0.2, 0.25) is 0 Å². The maximum absolute atomic E-state index is 12.8.